The van der Waals surface area contributed by atoms with Crippen LogP contribution in [-0.4, -0.2) is 28.7 Å². The number of aromatic nitrogens is 2. The molecular weight excluding hydrogens is 424 g/mol. The Labute approximate surface area is 189 Å². The molecular formula is C24H22N4O5. The van der Waals surface area contributed by atoms with Crippen molar-refractivity contribution in [2.75, 3.05) is 19.5 Å². The zero-order valence-corrected chi connectivity index (χ0v) is 18.6. The summed E-state index contributed by atoms with van der Waals surface area (Å²) >= 11 is 0. The smallest absolute Gasteiger partial charge is 0.292 e. The summed E-state index contributed by atoms with van der Waals surface area (Å²) in [6.07, 6.45) is 1.64. The van der Waals surface area contributed by atoms with Crippen molar-refractivity contribution < 1.29 is 14.4 Å². The van der Waals surface area contributed by atoms with Crippen molar-refractivity contribution >= 4 is 28.1 Å². The van der Waals surface area contributed by atoms with Crippen LogP contribution in [0.3, 0.4) is 0 Å². The van der Waals surface area contributed by atoms with E-state index < -0.39 is 4.92 Å². The number of benzene rings is 2. The minimum Gasteiger partial charge on any atom is -0.497 e. The second-order valence-corrected chi connectivity index (χ2v) is 7.46. The lowest BCUT2D eigenvalue weighted by Gasteiger charge is -2.15. The van der Waals surface area contributed by atoms with E-state index in [-0.39, 0.29) is 11.2 Å². The first-order chi connectivity index (χ1) is 15.8. The second-order valence-electron chi connectivity index (χ2n) is 7.46. The van der Waals surface area contributed by atoms with Gasteiger partial charge in [0, 0.05) is 41.9 Å². The fourth-order valence-corrected chi connectivity index (χ4v) is 3.83. The molecule has 0 radical (unpaired) electrons. The Kier molecular flexibility index (Phi) is 5.70. The molecule has 0 saturated heterocycles. The molecule has 1 N–H and O–H groups in total. The van der Waals surface area contributed by atoms with Crippen molar-refractivity contribution in [3.63, 3.8) is 0 Å². The van der Waals surface area contributed by atoms with E-state index in [9.17, 15) is 14.9 Å². The van der Waals surface area contributed by atoms with E-state index in [0.29, 0.717) is 45.2 Å². The predicted molar refractivity (Wildman–Crippen MR) is 127 cm³/mol. The molecule has 9 nitrogen and oxygen atoms in total. The highest BCUT2D eigenvalue weighted by molar-refractivity contribution is 5.89. The number of nitro groups is 1. The average molecular weight is 446 g/mol. The maximum atomic E-state index is 13.3. The number of aryl methyl sites for hydroxylation is 2. The van der Waals surface area contributed by atoms with Gasteiger partial charge >= 0.3 is 0 Å². The molecule has 4 rings (SSSR count). The van der Waals surface area contributed by atoms with Crippen LogP contribution >= 0.6 is 0 Å². The predicted octanol–water partition coefficient (Wildman–Crippen LogP) is 4.58. The number of methoxy groups -OCH3 is 2. The zero-order valence-electron chi connectivity index (χ0n) is 18.6. The molecule has 9 heteroatoms. The fourth-order valence-electron chi connectivity index (χ4n) is 3.83. The number of para-hydroxylation sites is 2. The Balaban J connectivity index is 1.86. The summed E-state index contributed by atoms with van der Waals surface area (Å²) in [5, 5.41) is 15.1. The molecule has 2 aromatic carbocycles. The third kappa shape index (κ3) is 3.96. The van der Waals surface area contributed by atoms with E-state index in [1.807, 2.05) is 6.92 Å². The third-order valence-corrected chi connectivity index (χ3v) is 5.50. The largest absolute Gasteiger partial charge is 0.497 e. The van der Waals surface area contributed by atoms with Gasteiger partial charge in [-0.25, -0.2) is 4.98 Å². The minimum absolute atomic E-state index is 0.0602. The summed E-state index contributed by atoms with van der Waals surface area (Å²) in [4.78, 5) is 28.7. The van der Waals surface area contributed by atoms with Crippen molar-refractivity contribution in [1.82, 2.24) is 9.55 Å². The van der Waals surface area contributed by atoms with Gasteiger partial charge in [-0.15, -0.1) is 0 Å². The van der Waals surface area contributed by atoms with Crippen LogP contribution in [0.15, 0.2) is 59.5 Å². The van der Waals surface area contributed by atoms with Gasteiger partial charge < -0.3 is 19.4 Å². The molecule has 2 heterocycles. The molecule has 0 spiro atoms. The van der Waals surface area contributed by atoms with E-state index in [1.54, 1.807) is 74.5 Å². The monoisotopic (exact) mass is 446 g/mol. The van der Waals surface area contributed by atoms with Gasteiger partial charge in [-0.05, 0) is 36.8 Å². The summed E-state index contributed by atoms with van der Waals surface area (Å²) in [7, 11) is 4.79. The Hall–Kier alpha value is -4.40. The first kappa shape index (κ1) is 21.8. The Morgan fingerprint density at radius 2 is 1.73 bits per heavy atom. The fraction of sp³-hybridized carbons (Fsp3) is 0.167. The third-order valence-electron chi connectivity index (χ3n) is 5.50. The molecule has 0 aliphatic heterocycles. The van der Waals surface area contributed by atoms with Crippen LogP contribution in [-0.2, 0) is 7.05 Å². The molecule has 0 amide bonds. The van der Waals surface area contributed by atoms with Crippen LogP contribution in [0.1, 0.15) is 5.56 Å². The van der Waals surface area contributed by atoms with Crippen molar-refractivity contribution in [3.8, 4) is 22.6 Å². The lowest BCUT2D eigenvalue weighted by atomic mass is 10.0. The topological polar surface area (TPSA) is 109 Å². The van der Waals surface area contributed by atoms with Crippen LogP contribution in [0.2, 0.25) is 0 Å². The van der Waals surface area contributed by atoms with E-state index >= 15 is 0 Å². The van der Waals surface area contributed by atoms with Gasteiger partial charge in [0.15, 0.2) is 0 Å². The summed E-state index contributed by atoms with van der Waals surface area (Å²) in [6.45, 7) is 1.82. The summed E-state index contributed by atoms with van der Waals surface area (Å²) < 4.78 is 12.2. The number of nitro benzene ring substituents is 1. The van der Waals surface area contributed by atoms with Crippen molar-refractivity contribution in [3.05, 3.63) is 80.8 Å². The number of anilines is 2. The van der Waals surface area contributed by atoms with Gasteiger partial charge in [-0.1, -0.05) is 12.1 Å². The lowest BCUT2D eigenvalue weighted by molar-refractivity contribution is -0.383. The number of hydrogen-bond acceptors (Lipinski definition) is 7. The molecule has 0 aliphatic rings. The highest BCUT2D eigenvalue weighted by Crippen LogP contribution is 2.32. The second kappa shape index (κ2) is 8.62. The normalized spacial score (nSPS) is 10.8. The van der Waals surface area contributed by atoms with Crippen LogP contribution < -0.4 is 20.3 Å². The van der Waals surface area contributed by atoms with Gasteiger partial charge in [-0.3, -0.25) is 14.9 Å². The summed E-state index contributed by atoms with van der Waals surface area (Å²) in [6, 6.07) is 13.4. The zero-order chi connectivity index (χ0) is 23.7. The van der Waals surface area contributed by atoms with Crippen molar-refractivity contribution in [1.29, 1.82) is 0 Å². The first-order valence-electron chi connectivity index (χ1n) is 10.1. The number of fused-ring (bicyclic) bond motifs is 1. The SMILES string of the molecule is COc1cc(OC)cc(-c2cc3cnc(Nc4ccccc4[N+](=O)[O-])c(C)c3n(C)c2=O)c1. The van der Waals surface area contributed by atoms with Gasteiger partial charge in [0.2, 0.25) is 0 Å². The number of hydrogen-bond donors (Lipinski definition) is 1. The average Bonchev–Trinajstić information content (AvgIpc) is 2.82. The van der Waals surface area contributed by atoms with Gasteiger partial charge in [0.1, 0.15) is 23.0 Å². The molecule has 33 heavy (non-hydrogen) atoms. The molecule has 0 aliphatic carbocycles. The van der Waals surface area contributed by atoms with E-state index in [4.69, 9.17) is 9.47 Å². The van der Waals surface area contributed by atoms with E-state index in [2.05, 4.69) is 10.3 Å². The lowest BCUT2D eigenvalue weighted by Crippen LogP contribution is -2.20. The number of ether oxygens (including phenoxy) is 2. The molecule has 0 atom stereocenters. The maximum Gasteiger partial charge on any atom is 0.292 e. The minimum atomic E-state index is -0.455. The standard InChI is InChI=1S/C24H22N4O5/c1-14-22-16(13-25-23(14)26-20-7-5-6-8-21(20)28(30)31)11-19(24(29)27(22)2)15-9-17(32-3)12-18(10-15)33-4/h5-13H,1-4H3,(H,25,26). The molecule has 4 aromatic rings. The Bertz CT molecular complexity index is 1420. The van der Waals surface area contributed by atoms with Crippen molar-refractivity contribution in [2.45, 2.75) is 6.92 Å². The maximum absolute atomic E-state index is 13.3. The molecule has 0 bridgehead atoms. The van der Waals surface area contributed by atoms with E-state index in [1.165, 1.54) is 6.07 Å². The number of rotatable bonds is 6. The molecule has 0 saturated carbocycles. The Morgan fingerprint density at radius 1 is 1.06 bits per heavy atom. The van der Waals surface area contributed by atoms with Gasteiger partial charge in [0.05, 0.1) is 24.7 Å². The number of nitrogens with one attached hydrogen (secondary N) is 1. The number of nitrogens with zero attached hydrogens (tertiary/aromatic N) is 3. The molecule has 0 fully saturated rings. The summed E-state index contributed by atoms with van der Waals surface area (Å²) in [5.41, 5.74) is 2.56. The molecule has 0 unspecified atom stereocenters. The van der Waals surface area contributed by atoms with Crippen LogP contribution in [0, 0.1) is 17.0 Å². The quantitative estimate of drug-likeness (QED) is 0.341. The first-order valence-corrected chi connectivity index (χ1v) is 10.1. The van der Waals surface area contributed by atoms with Crippen LogP contribution in [0.5, 0.6) is 11.5 Å². The molecule has 2 aromatic heterocycles. The Morgan fingerprint density at radius 3 is 2.36 bits per heavy atom. The number of pyridine rings is 2. The van der Waals surface area contributed by atoms with Gasteiger partial charge in [-0.2, -0.15) is 0 Å². The van der Waals surface area contributed by atoms with Crippen LogP contribution in [0.4, 0.5) is 17.2 Å². The summed E-state index contributed by atoms with van der Waals surface area (Å²) in [5.74, 6) is 1.58. The van der Waals surface area contributed by atoms with Crippen LogP contribution in [0.25, 0.3) is 22.0 Å². The van der Waals surface area contributed by atoms with Gasteiger partial charge in [0.25, 0.3) is 11.2 Å². The van der Waals surface area contributed by atoms with Crippen molar-refractivity contribution in [2.24, 2.45) is 7.05 Å². The highest BCUT2D eigenvalue weighted by Gasteiger charge is 2.17. The highest BCUT2D eigenvalue weighted by atomic mass is 16.6. The molecule has 168 valence electrons. The van der Waals surface area contributed by atoms with E-state index in [0.717, 1.165) is 5.39 Å².